The number of nitro benzene ring substituents is 1. The van der Waals surface area contributed by atoms with Gasteiger partial charge in [0.2, 0.25) is 5.91 Å². The van der Waals surface area contributed by atoms with E-state index < -0.39 is 4.92 Å². The summed E-state index contributed by atoms with van der Waals surface area (Å²) in [6, 6.07) is 3.69. The maximum absolute atomic E-state index is 12.4. The summed E-state index contributed by atoms with van der Waals surface area (Å²) in [6.45, 7) is 0. The smallest absolute Gasteiger partial charge is 0.270 e. The van der Waals surface area contributed by atoms with Crippen LogP contribution in [0.2, 0.25) is 0 Å². The number of nitrogens with zero attached hydrogens (tertiary/aromatic N) is 2. The number of hydrazone groups is 1. The number of hydrogen-bond donors (Lipinski definition) is 2. The average Bonchev–Trinajstić information content (AvgIpc) is 2.54. The van der Waals surface area contributed by atoms with E-state index in [2.05, 4.69) is 10.5 Å². The lowest BCUT2D eigenvalue weighted by molar-refractivity contribution is -0.384. The number of carbonyl (C=O) groups excluding carboxylic acids is 1. The van der Waals surface area contributed by atoms with Gasteiger partial charge in [-0.15, -0.1) is 0 Å². The van der Waals surface area contributed by atoms with E-state index in [-0.39, 0.29) is 28.3 Å². The molecule has 2 N–H and O–H groups in total. The van der Waals surface area contributed by atoms with E-state index in [1.807, 2.05) is 0 Å². The molecular formula is C19H23N3O4. The van der Waals surface area contributed by atoms with Crippen molar-refractivity contribution in [2.75, 3.05) is 0 Å². The van der Waals surface area contributed by atoms with E-state index in [4.69, 9.17) is 0 Å². The summed E-state index contributed by atoms with van der Waals surface area (Å²) in [5.74, 6) is 2.14. The molecule has 4 aliphatic carbocycles. The number of nitro groups is 1. The normalized spacial score (nSPS) is 32.1. The number of hydrogen-bond acceptors (Lipinski definition) is 5. The molecule has 4 bridgehead atoms. The Labute approximate surface area is 151 Å². The molecule has 0 radical (unpaired) electrons. The van der Waals surface area contributed by atoms with E-state index >= 15 is 0 Å². The maximum Gasteiger partial charge on any atom is 0.270 e. The van der Waals surface area contributed by atoms with Crippen LogP contribution < -0.4 is 5.43 Å². The Morgan fingerprint density at radius 1 is 1.27 bits per heavy atom. The molecule has 5 rings (SSSR count). The molecule has 138 valence electrons. The Bertz CT molecular complexity index is 739. The van der Waals surface area contributed by atoms with Crippen molar-refractivity contribution in [3.63, 3.8) is 0 Å². The molecule has 7 nitrogen and oxygen atoms in total. The number of nitrogens with one attached hydrogen (secondary N) is 1. The van der Waals surface area contributed by atoms with Gasteiger partial charge in [0.1, 0.15) is 5.75 Å². The summed E-state index contributed by atoms with van der Waals surface area (Å²) >= 11 is 0. The Hall–Kier alpha value is -2.44. The summed E-state index contributed by atoms with van der Waals surface area (Å²) < 4.78 is 0. The second-order valence-electron chi connectivity index (χ2n) is 8.39. The highest BCUT2D eigenvalue weighted by atomic mass is 16.6. The molecule has 0 atom stereocenters. The van der Waals surface area contributed by atoms with Gasteiger partial charge in [-0.25, -0.2) is 5.43 Å². The van der Waals surface area contributed by atoms with E-state index in [1.165, 1.54) is 43.7 Å². The fourth-order valence-electron chi connectivity index (χ4n) is 5.82. The van der Waals surface area contributed by atoms with Crippen LogP contribution in [-0.4, -0.2) is 22.2 Å². The largest absolute Gasteiger partial charge is 0.507 e. The average molecular weight is 357 g/mol. The molecule has 1 aromatic rings. The molecule has 0 aromatic heterocycles. The molecule has 4 aliphatic rings. The summed E-state index contributed by atoms with van der Waals surface area (Å²) in [5.41, 5.74) is 2.74. The van der Waals surface area contributed by atoms with Crippen molar-refractivity contribution in [1.82, 2.24) is 5.43 Å². The predicted molar refractivity (Wildman–Crippen MR) is 95.7 cm³/mol. The van der Waals surface area contributed by atoms with Crippen molar-refractivity contribution in [3.8, 4) is 5.75 Å². The topological polar surface area (TPSA) is 105 Å². The Kier molecular flexibility index (Phi) is 4.17. The van der Waals surface area contributed by atoms with Gasteiger partial charge in [-0.1, -0.05) is 0 Å². The van der Waals surface area contributed by atoms with Gasteiger partial charge in [0.05, 0.1) is 11.1 Å². The maximum atomic E-state index is 12.4. The molecule has 7 heteroatoms. The van der Waals surface area contributed by atoms with Crippen LogP contribution in [0, 0.1) is 33.3 Å². The third kappa shape index (κ3) is 3.30. The lowest BCUT2D eigenvalue weighted by Gasteiger charge is -2.56. The number of amides is 1. The first-order valence-electron chi connectivity index (χ1n) is 9.22. The highest BCUT2D eigenvalue weighted by Crippen LogP contribution is 2.61. The van der Waals surface area contributed by atoms with Gasteiger partial charge in [-0.3, -0.25) is 14.9 Å². The van der Waals surface area contributed by atoms with Crippen molar-refractivity contribution in [2.45, 2.75) is 44.9 Å². The molecule has 0 spiro atoms. The van der Waals surface area contributed by atoms with Gasteiger partial charge < -0.3 is 5.11 Å². The van der Waals surface area contributed by atoms with Crippen LogP contribution in [0.1, 0.15) is 50.5 Å². The van der Waals surface area contributed by atoms with Crippen LogP contribution in [0.25, 0.3) is 0 Å². The highest BCUT2D eigenvalue weighted by Gasteiger charge is 2.51. The first-order chi connectivity index (χ1) is 12.4. The van der Waals surface area contributed by atoms with Gasteiger partial charge >= 0.3 is 0 Å². The quantitative estimate of drug-likeness (QED) is 0.479. The van der Waals surface area contributed by atoms with Gasteiger partial charge in [0.25, 0.3) is 5.69 Å². The van der Waals surface area contributed by atoms with Crippen LogP contribution in [0.4, 0.5) is 5.69 Å². The van der Waals surface area contributed by atoms with E-state index in [1.54, 1.807) is 0 Å². The standard InChI is InChI=1S/C19H23N3O4/c23-17-2-1-16(22(25)26)6-15(17)11-20-21-18(24)10-19-7-12-3-13(8-19)5-14(4-12)9-19/h1-2,6,11-14,23H,3-5,7-10H2,(H,21,24). The number of carbonyl (C=O) groups is 1. The van der Waals surface area contributed by atoms with E-state index in [9.17, 15) is 20.0 Å². The number of phenols is 1. The molecule has 0 unspecified atom stereocenters. The molecule has 4 fully saturated rings. The zero-order valence-corrected chi connectivity index (χ0v) is 14.6. The Balaban J connectivity index is 1.38. The lowest BCUT2D eigenvalue weighted by Crippen LogP contribution is -2.47. The number of phenolic OH excluding ortho intramolecular Hbond substituents is 1. The van der Waals surface area contributed by atoms with E-state index in [0.29, 0.717) is 6.42 Å². The molecule has 26 heavy (non-hydrogen) atoms. The van der Waals surface area contributed by atoms with Gasteiger partial charge in [0, 0.05) is 24.1 Å². The summed E-state index contributed by atoms with van der Waals surface area (Å²) in [5, 5.41) is 24.5. The third-order valence-corrected chi connectivity index (χ3v) is 6.32. The minimum atomic E-state index is -0.539. The number of non-ortho nitro benzene ring substituents is 1. The van der Waals surface area contributed by atoms with Crippen LogP contribution in [-0.2, 0) is 4.79 Å². The SMILES string of the molecule is O=C(CC12CC3CC(CC(C3)C1)C2)NN=Cc1cc([N+](=O)[O-])ccc1O. The second-order valence-corrected chi connectivity index (χ2v) is 8.39. The molecule has 0 aliphatic heterocycles. The summed E-state index contributed by atoms with van der Waals surface area (Å²) in [4.78, 5) is 22.7. The zero-order valence-electron chi connectivity index (χ0n) is 14.6. The van der Waals surface area contributed by atoms with Crippen molar-refractivity contribution in [1.29, 1.82) is 0 Å². The minimum Gasteiger partial charge on any atom is -0.507 e. The first kappa shape index (κ1) is 17.0. The summed E-state index contributed by atoms with van der Waals surface area (Å²) in [6.07, 6.45) is 9.22. The second kappa shape index (κ2) is 6.37. The number of benzene rings is 1. The summed E-state index contributed by atoms with van der Waals surface area (Å²) in [7, 11) is 0. The molecule has 1 amide bonds. The van der Waals surface area contributed by atoms with Crippen molar-refractivity contribution < 1.29 is 14.8 Å². The van der Waals surface area contributed by atoms with Crippen molar-refractivity contribution in [3.05, 3.63) is 33.9 Å². The monoisotopic (exact) mass is 357 g/mol. The zero-order chi connectivity index (χ0) is 18.3. The predicted octanol–water partition coefficient (Wildman–Crippen LogP) is 3.36. The molecular weight excluding hydrogens is 334 g/mol. The van der Waals surface area contributed by atoms with E-state index in [0.717, 1.165) is 37.0 Å². The molecule has 0 saturated heterocycles. The first-order valence-corrected chi connectivity index (χ1v) is 9.22. The number of aromatic hydroxyl groups is 1. The van der Waals surface area contributed by atoms with Gasteiger partial charge in [0.15, 0.2) is 0 Å². The van der Waals surface area contributed by atoms with Crippen molar-refractivity contribution >= 4 is 17.8 Å². The Morgan fingerprint density at radius 2 is 1.88 bits per heavy atom. The molecule has 1 aromatic carbocycles. The van der Waals surface area contributed by atoms with Gasteiger partial charge in [-0.05, 0) is 67.8 Å². The van der Waals surface area contributed by atoms with Crippen LogP contribution >= 0.6 is 0 Å². The van der Waals surface area contributed by atoms with Crippen LogP contribution in [0.5, 0.6) is 5.75 Å². The molecule has 0 heterocycles. The van der Waals surface area contributed by atoms with Crippen molar-refractivity contribution in [2.24, 2.45) is 28.3 Å². The lowest BCUT2D eigenvalue weighted by atomic mass is 9.49. The number of rotatable bonds is 5. The molecule has 4 saturated carbocycles. The Morgan fingerprint density at radius 3 is 2.46 bits per heavy atom. The van der Waals surface area contributed by atoms with Crippen LogP contribution in [0.3, 0.4) is 0 Å². The van der Waals surface area contributed by atoms with Crippen LogP contribution in [0.15, 0.2) is 23.3 Å². The minimum absolute atomic E-state index is 0.116. The fraction of sp³-hybridized carbons (Fsp3) is 0.579. The highest BCUT2D eigenvalue weighted by molar-refractivity contribution is 5.86. The van der Waals surface area contributed by atoms with Gasteiger partial charge in [-0.2, -0.15) is 5.10 Å². The third-order valence-electron chi connectivity index (χ3n) is 6.32. The fourth-order valence-corrected chi connectivity index (χ4v) is 5.82.